The molecular formula is C58H32N12O. The summed E-state index contributed by atoms with van der Waals surface area (Å²) in [6, 6.07) is 55.6. The number of para-hydroxylation sites is 2. The maximum Gasteiger partial charge on any atom is 0.182 e. The lowest BCUT2D eigenvalue weighted by atomic mass is 10.00. The van der Waals surface area contributed by atoms with Crippen LogP contribution in [0.2, 0.25) is 0 Å². The van der Waals surface area contributed by atoms with Gasteiger partial charge in [0.15, 0.2) is 17.1 Å². The Morgan fingerprint density at radius 3 is 1.90 bits per heavy atom. The monoisotopic (exact) mass is 912 g/mol. The zero-order valence-electron chi connectivity index (χ0n) is 37.3. The number of hydrogen-bond acceptors (Lipinski definition) is 11. The Morgan fingerprint density at radius 2 is 1.07 bits per heavy atom. The first kappa shape index (κ1) is 38.9. The van der Waals surface area contributed by atoms with Crippen LogP contribution < -0.4 is 0 Å². The lowest BCUT2D eigenvalue weighted by molar-refractivity contribution is 0.669. The third-order valence-corrected chi connectivity index (χ3v) is 13.4. The summed E-state index contributed by atoms with van der Waals surface area (Å²) in [7, 11) is 0. The Balaban J connectivity index is 0.948. The van der Waals surface area contributed by atoms with Gasteiger partial charge in [0.2, 0.25) is 0 Å². The number of aromatic nitrogens is 12. The molecule has 0 fully saturated rings. The molecule has 8 aromatic heterocycles. The lowest BCUT2D eigenvalue weighted by Crippen LogP contribution is -2.05. The zero-order chi connectivity index (χ0) is 46.6. The SMILES string of the molecule is c1ccc(-c2ccc3oc4ccc(-c5cccc(-n6c7ccccc7c7c6ccc6c8ccccc8n(-c8cc(-c9cnc%10cncnc%10n9)nc(-c9cnc%10ncncc%10n9)n8)c67)c5)cc4c3c2)cc1. The molecule has 0 spiro atoms. The van der Waals surface area contributed by atoms with E-state index in [-0.39, 0.29) is 0 Å². The van der Waals surface area contributed by atoms with Crippen molar-refractivity contribution >= 4 is 87.9 Å². The van der Waals surface area contributed by atoms with Crippen molar-refractivity contribution in [1.29, 1.82) is 0 Å². The van der Waals surface area contributed by atoms with Gasteiger partial charge in [-0.15, -0.1) is 0 Å². The summed E-state index contributed by atoms with van der Waals surface area (Å²) in [6.07, 6.45) is 9.51. The van der Waals surface area contributed by atoms with E-state index < -0.39 is 0 Å². The second-order valence-electron chi connectivity index (χ2n) is 17.4. The van der Waals surface area contributed by atoms with Crippen LogP contribution in [0.5, 0.6) is 0 Å². The van der Waals surface area contributed by atoms with E-state index in [4.69, 9.17) is 24.4 Å². The fourth-order valence-corrected chi connectivity index (χ4v) is 10.2. The molecule has 0 unspecified atom stereocenters. The van der Waals surface area contributed by atoms with Gasteiger partial charge in [0.25, 0.3) is 0 Å². The minimum atomic E-state index is 0.343. The maximum absolute atomic E-state index is 6.37. The Labute approximate surface area is 401 Å². The summed E-state index contributed by atoms with van der Waals surface area (Å²) < 4.78 is 11.0. The number of hydrogen-bond donors (Lipinski definition) is 0. The van der Waals surface area contributed by atoms with Gasteiger partial charge in [0, 0.05) is 44.1 Å². The average molecular weight is 913 g/mol. The van der Waals surface area contributed by atoms with Crippen LogP contribution in [0, 0.1) is 0 Å². The number of benzene rings is 7. The first-order valence-corrected chi connectivity index (χ1v) is 23.0. The predicted octanol–water partition coefficient (Wildman–Crippen LogP) is 12.7. The van der Waals surface area contributed by atoms with Crippen LogP contribution in [0.3, 0.4) is 0 Å². The molecule has 8 heterocycles. The highest BCUT2D eigenvalue weighted by atomic mass is 16.3. The van der Waals surface area contributed by atoms with Crippen LogP contribution in [-0.2, 0) is 0 Å². The van der Waals surface area contributed by atoms with E-state index in [1.165, 1.54) is 18.2 Å². The van der Waals surface area contributed by atoms with Gasteiger partial charge < -0.3 is 8.98 Å². The van der Waals surface area contributed by atoms with Crippen molar-refractivity contribution in [2.45, 2.75) is 0 Å². The van der Waals surface area contributed by atoms with Crippen molar-refractivity contribution in [3.05, 3.63) is 195 Å². The van der Waals surface area contributed by atoms with Crippen LogP contribution >= 0.6 is 0 Å². The second kappa shape index (κ2) is 15.2. The minimum Gasteiger partial charge on any atom is -0.456 e. The predicted molar refractivity (Wildman–Crippen MR) is 277 cm³/mol. The number of rotatable bonds is 6. The van der Waals surface area contributed by atoms with Crippen molar-refractivity contribution in [2.24, 2.45) is 0 Å². The first-order chi connectivity index (χ1) is 35.2. The third-order valence-electron chi connectivity index (χ3n) is 13.4. The zero-order valence-corrected chi connectivity index (χ0v) is 37.3. The fraction of sp³-hybridized carbons (Fsp3) is 0. The van der Waals surface area contributed by atoms with Crippen LogP contribution in [0.15, 0.2) is 200 Å². The smallest absolute Gasteiger partial charge is 0.182 e. The van der Waals surface area contributed by atoms with Gasteiger partial charge in [-0.2, -0.15) is 0 Å². The van der Waals surface area contributed by atoms with Gasteiger partial charge in [-0.3, -0.25) is 4.57 Å². The van der Waals surface area contributed by atoms with Crippen molar-refractivity contribution < 1.29 is 4.42 Å². The van der Waals surface area contributed by atoms with E-state index in [2.05, 4.69) is 185 Å². The molecule has 0 atom stereocenters. The Morgan fingerprint density at radius 1 is 0.380 bits per heavy atom. The standard InChI is InChI=1S/C58H32N12O/c1-2-9-33(10-3-1)35-17-21-51-41(24-35)42-25-36(18-22-52(42)71-51)34-11-8-12-37(23-34)69-49-16-7-5-14-40(49)54-50(69)20-19-39-38-13-4-6-15-48(38)70(55(39)54)53-26-43(44-29-61-45-27-59-32-64-57(45)67-44)66-58(68-53)47-30-62-56-46(65-47)28-60-31-63-56/h1-32H. The summed E-state index contributed by atoms with van der Waals surface area (Å²) in [6.45, 7) is 0. The number of furan rings is 1. The molecule has 0 bridgehead atoms. The molecule has 15 aromatic rings. The largest absolute Gasteiger partial charge is 0.456 e. The van der Waals surface area contributed by atoms with Gasteiger partial charge in [-0.1, -0.05) is 97.1 Å². The average Bonchev–Trinajstić information content (AvgIpc) is 4.10. The van der Waals surface area contributed by atoms with E-state index >= 15 is 0 Å². The van der Waals surface area contributed by atoms with Crippen LogP contribution in [0.25, 0.3) is 145 Å². The molecule has 0 aliphatic carbocycles. The molecule has 15 rings (SSSR count). The van der Waals surface area contributed by atoms with Crippen molar-refractivity contribution in [1.82, 2.24) is 59.0 Å². The van der Waals surface area contributed by atoms with Crippen molar-refractivity contribution in [2.75, 3.05) is 0 Å². The Hall–Kier alpha value is -10.1. The normalized spacial score (nSPS) is 11.9. The molecule has 0 amide bonds. The fourth-order valence-electron chi connectivity index (χ4n) is 10.2. The van der Waals surface area contributed by atoms with Gasteiger partial charge >= 0.3 is 0 Å². The Bertz CT molecular complexity index is 4580. The summed E-state index contributed by atoms with van der Waals surface area (Å²) in [4.78, 5) is 46.5. The summed E-state index contributed by atoms with van der Waals surface area (Å²) in [5, 5.41) is 6.49. The van der Waals surface area contributed by atoms with Gasteiger partial charge in [0.1, 0.15) is 52.1 Å². The molecule has 0 aliphatic rings. The van der Waals surface area contributed by atoms with Crippen LogP contribution in [0.1, 0.15) is 0 Å². The topological polar surface area (TPSA) is 152 Å². The van der Waals surface area contributed by atoms with Crippen molar-refractivity contribution in [3.8, 4) is 56.7 Å². The van der Waals surface area contributed by atoms with E-state index in [1.54, 1.807) is 24.8 Å². The highest BCUT2D eigenvalue weighted by Crippen LogP contribution is 2.43. The Kier molecular flexibility index (Phi) is 8.32. The summed E-state index contributed by atoms with van der Waals surface area (Å²) in [5.41, 5.74) is 14.8. The molecule has 7 aromatic carbocycles. The summed E-state index contributed by atoms with van der Waals surface area (Å²) >= 11 is 0. The minimum absolute atomic E-state index is 0.343. The molecule has 0 saturated heterocycles. The highest BCUT2D eigenvalue weighted by Gasteiger charge is 2.24. The van der Waals surface area contributed by atoms with Gasteiger partial charge in [-0.25, -0.2) is 49.8 Å². The van der Waals surface area contributed by atoms with E-state index in [9.17, 15) is 0 Å². The van der Waals surface area contributed by atoms with E-state index in [0.29, 0.717) is 51.1 Å². The molecule has 0 radical (unpaired) electrons. The van der Waals surface area contributed by atoms with Gasteiger partial charge in [-0.05, 0) is 76.9 Å². The number of fused-ring (bicyclic) bond motifs is 12. The lowest BCUT2D eigenvalue weighted by Gasteiger charge is -2.13. The van der Waals surface area contributed by atoms with Crippen LogP contribution in [0.4, 0.5) is 0 Å². The quantitative estimate of drug-likeness (QED) is 0.157. The molecule has 0 saturated carbocycles. The highest BCUT2D eigenvalue weighted by molar-refractivity contribution is 6.26. The molecule has 13 nitrogen and oxygen atoms in total. The van der Waals surface area contributed by atoms with E-state index in [1.807, 2.05) is 12.1 Å². The molecule has 13 heteroatoms. The summed E-state index contributed by atoms with van der Waals surface area (Å²) in [5.74, 6) is 0.951. The molecular weight excluding hydrogens is 881 g/mol. The van der Waals surface area contributed by atoms with Crippen molar-refractivity contribution in [3.63, 3.8) is 0 Å². The molecule has 71 heavy (non-hydrogen) atoms. The molecule has 330 valence electrons. The second-order valence-corrected chi connectivity index (χ2v) is 17.4. The number of nitrogens with zero attached hydrogens (tertiary/aromatic N) is 12. The maximum atomic E-state index is 6.37. The molecule has 0 N–H and O–H groups in total. The van der Waals surface area contributed by atoms with E-state index in [0.717, 1.165) is 87.9 Å². The first-order valence-electron chi connectivity index (χ1n) is 23.0. The molecule has 0 aliphatic heterocycles. The van der Waals surface area contributed by atoms with Crippen LogP contribution in [-0.4, -0.2) is 59.0 Å². The third kappa shape index (κ3) is 6.13. The van der Waals surface area contributed by atoms with Gasteiger partial charge in [0.05, 0.1) is 52.5 Å².